The monoisotopic (exact) mass is 419 g/mol. The Hall–Kier alpha value is -3.57. The molecule has 5 nitrogen and oxygen atoms in total. The van der Waals surface area contributed by atoms with Crippen molar-refractivity contribution < 1.29 is 19.0 Å². The summed E-state index contributed by atoms with van der Waals surface area (Å²) in [6.07, 6.45) is 1.61. The van der Waals surface area contributed by atoms with E-state index in [1.54, 1.807) is 24.3 Å². The van der Waals surface area contributed by atoms with Gasteiger partial charge in [-0.15, -0.1) is 0 Å². The third-order valence-electron chi connectivity index (χ3n) is 4.26. The summed E-state index contributed by atoms with van der Waals surface area (Å²) in [5, 5.41) is 0.522. The molecule has 6 heteroatoms. The third kappa shape index (κ3) is 4.88. The fourth-order valence-electron chi connectivity index (χ4n) is 2.85. The quantitative estimate of drug-likeness (QED) is 0.302. The number of carbonyl (C=O) groups is 1. The highest BCUT2D eigenvalue weighted by Gasteiger charge is 2.24. The SMILES string of the molecule is O=C1OC(c2ccccc2)=N/C1=C\c1cc(Cl)ccc1OCCOc1ccccc1. The minimum Gasteiger partial charge on any atom is -0.490 e. The maximum absolute atomic E-state index is 12.3. The highest BCUT2D eigenvalue weighted by Crippen LogP contribution is 2.27. The summed E-state index contributed by atoms with van der Waals surface area (Å²) in [5.74, 6) is 1.09. The van der Waals surface area contributed by atoms with Crippen molar-refractivity contribution in [2.24, 2.45) is 4.99 Å². The van der Waals surface area contributed by atoms with Crippen LogP contribution in [0, 0.1) is 0 Å². The number of hydrogen-bond acceptors (Lipinski definition) is 5. The smallest absolute Gasteiger partial charge is 0.363 e. The first-order valence-electron chi connectivity index (χ1n) is 9.37. The zero-order chi connectivity index (χ0) is 20.8. The molecule has 1 aliphatic heterocycles. The molecule has 0 amide bonds. The highest BCUT2D eigenvalue weighted by molar-refractivity contribution is 6.30. The molecule has 0 atom stereocenters. The van der Waals surface area contributed by atoms with Gasteiger partial charge in [0.25, 0.3) is 0 Å². The zero-order valence-electron chi connectivity index (χ0n) is 16.0. The molecule has 0 saturated carbocycles. The summed E-state index contributed by atoms with van der Waals surface area (Å²) in [4.78, 5) is 16.6. The van der Waals surface area contributed by atoms with E-state index in [1.165, 1.54) is 0 Å². The van der Waals surface area contributed by atoms with Gasteiger partial charge in [0.2, 0.25) is 5.90 Å². The van der Waals surface area contributed by atoms with Crippen molar-refractivity contribution in [3.63, 3.8) is 0 Å². The molecule has 3 aromatic carbocycles. The lowest BCUT2D eigenvalue weighted by atomic mass is 10.1. The van der Waals surface area contributed by atoms with E-state index in [2.05, 4.69) is 4.99 Å². The van der Waals surface area contributed by atoms with E-state index in [0.717, 1.165) is 11.3 Å². The fourth-order valence-corrected chi connectivity index (χ4v) is 3.03. The standard InChI is InChI=1S/C24H18ClNO4/c25-19-11-12-22(29-14-13-28-20-9-5-2-6-10-20)18(15-19)16-21-24(27)30-23(26-21)17-7-3-1-4-8-17/h1-12,15-16H,13-14H2/b21-16-. The van der Waals surface area contributed by atoms with Crippen molar-refractivity contribution in [3.8, 4) is 11.5 Å². The molecule has 0 aromatic heterocycles. The molecule has 0 aliphatic carbocycles. The predicted molar refractivity (Wildman–Crippen MR) is 116 cm³/mol. The number of aliphatic imine (C=N–C) groups is 1. The summed E-state index contributed by atoms with van der Waals surface area (Å²) in [7, 11) is 0. The lowest BCUT2D eigenvalue weighted by Crippen LogP contribution is -2.09. The number of esters is 1. The van der Waals surface area contributed by atoms with Gasteiger partial charge in [0.15, 0.2) is 5.70 Å². The first-order valence-corrected chi connectivity index (χ1v) is 9.75. The van der Waals surface area contributed by atoms with E-state index < -0.39 is 5.97 Å². The van der Waals surface area contributed by atoms with Crippen LogP contribution in [0.4, 0.5) is 0 Å². The molecule has 0 N–H and O–H groups in total. The summed E-state index contributed by atoms with van der Waals surface area (Å²) >= 11 is 6.14. The molecule has 0 fully saturated rings. The number of carbonyl (C=O) groups excluding carboxylic acids is 1. The largest absolute Gasteiger partial charge is 0.490 e. The number of halogens is 1. The van der Waals surface area contributed by atoms with E-state index in [-0.39, 0.29) is 11.6 Å². The first kappa shape index (κ1) is 19.7. The van der Waals surface area contributed by atoms with Crippen molar-refractivity contribution in [2.45, 2.75) is 0 Å². The second kappa shape index (κ2) is 9.29. The molecule has 0 spiro atoms. The highest BCUT2D eigenvalue weighted by atomic mass is 35.5. The van der Waals surface area contributed by atoms with Crippen LogP contribution in [0.5, 0.6) is 11.5 Å². The van der Waals surface area contributed by atoms with Crippen molar-refractivity contribution >= 4 is 29.5 Å². The van der Waals surface area contributed by atoms with Crippen LogP contribution in [0.15, 0.2) is 89.6 Å². The van der Waals surface area contributed by atoms with Crippen molar-refractivity contribution in [1.29, 1.82) is 0 Å². The van der Waals surface area contributed by atoms with Crippen LogP contribution in [0.3, 0.4) is 0 Å². The number of para-hydroxylation sites is 1. The fraction of sp³-hybridized carbons (Fsp3) is 0.0833. The summed E-state index contributed by atoms with van der Waals surface area (Å²) in [5.41, 5.74) is 1.55. The molecule has 30 heavy (non-hydrogen) atoms. The van der Waals surface area contributed by atoms with Gasteiger partial charge < -0.3 is 14.2 Å². The Bertz CT molecular complexity index is 1090. The van der Waals surface area contributed by atoms with Gasteiger partial charge in [0, 0.05) is 16.1 Å². The molecular formula is C24H18ClNO4. The number of ether oxygens (including phenoxy) is 3. The van der Waals surface area contributed by atoms with E-state index in [4.69, 9.17) is 25.8 Å². The van der Waals surface area contributed by atoms with Crippen LogP contribution < -0.4 is 9.47 Å². The lowest BCUT2D eigenvalue weighted by molar-refractivity contribution is -0.129. The summed E-state index contributed by atoms with van der Waals surface area (Å²) < 4.78 is 16.8. The third-order valence-corrected chi connectivity index (χ3v) is 4.49. The van der Waals surface area contributed by atoms with Gasteiger partial charge in [-0.05, 0) is 48.5 Å². The Kier molecular flexibility index (Phi) is 6.11. The van der Waals surface area contributed by atoms with E-state index >= 15 is 0 Å². The maximum Gasteiger partial charge on any atom is 0.363 e. The molecule has 0 saturated heterocycles. The molecular weight excluding hydrogens is 402 g/mol. The number of benzene rings is 3. The molecule has 4 rings (SSSR count). The molecule has 3 aromatic rings. The van der Waals surface area contributed by atoms with Crippen LogP contribution in [0.2, 0.25) is 5.02 Å². The Labute approximate surface area is 179 Å². The van der Waals surface area contributed by atoms with Crippen LogP contribution in [0.1, 0.15) is 11.1 Å². The van der Waals surface area contributed by atoms with Crippen LogP contribution in [-0.4, -0.2) is 25.1 Å². The van der Waals surface area contributed by atoms with Crippen molar-refractivity contribution in [3.05, 3.63) is 101 Å². The Morgan fingerprint density at radius 3 is 2.37 bits per heavy atom. The van der Waals surface area contributed by atoms with Crippen LogP contribution >= 0.6 is 11.6 Å². The molecule has 1 heterocycles. The van der Waals surface area contributed by atoms with Gasteiger partial charge in [0.05, 0.1) is 0 Å². The van der Waals surface area contributed by atoms with Crippen LogP contribution in [-0.2, 0) is 9.53 Å². The Morgan fingerprint density at radius 1 is 0.900 bits per heavy atom. The summed E-state index contributed by atoms with van der Waals surface area (Å²) in [6, 6.07) is 23.9. The van der Waals surface area contributed by atoms with Gasteiger partial charge in [-0.1, -0.05) is 48.0 Å². The van der Waals surface area contributed by atoms with Crippen molar-refractivity contribution in [1.82, 2.24) is 0 Å². The minimum absolute atomic E-state index is 0.182. The van der Waals surface area contributed by atoms with Crippen molar-refractivity contribution in [2.75, 3.05) is 13.2 Å². The molecule has 0 bridgehead atoms. The normalized spacial score (nSPS) is 14.4. The van der Waals surface area contributed by atoms with E-state index in [9.17, 15) is 4.79 Å². The zero-order valence-corrected chi connectivity index (χ0v) is 16.7. The second-order valence-electron chi connectivity index (χ2n) is 6.39. The minimum atomic E-state index is -0.521. The number of cyclic esters (lactones) is 1. The van der Waals surface area contributed by atoms with Gasteiger partial charge in [-0.25, -0.2) is 9.79 Å². The second-order valence-corrected chi connectivity index (χ2v) is 6.83. The van der Waals surface area contributed by atoms with Gasteiger partial charge in [-0.3, -0.25) is 0 Å². The van der Waals surface area contributed by atoms with Gasteiger partial charge in [0.1, 0.15) is 24.7 Å². The molecule has 150 valence electrons. The topological polar surface area (TPSA) is 57.1 Å². The molecule has 1 aliphatic rings. The lowest BCUT2D eigenvalue weighted by Gasteiger charge is -2.11. The number of nitrogens with zero attached hydrogens (tertiary/aromatic N) is 1. The predicted octanol–water partition coefficient (Wildman–Crippen LogP) is 5.14. The maximum atomic E-state index is 12.3. The average Bonchev–Trinajstić information content (AvgIpc) is 3.14. The molecule has 0 radical (unpaired) electrons. The Morgan fingerprint density at radius 2 is 1.60 bits per heavy atom. The van der Waals surface area contributed by atoms with Gasteiger partial charge >= 0.3 is 5.97 Å². The average molecular weight is 420 g/mol. The van der Waals surface area contributed by atoms with Gasteiger partial charge in [-0.2, -0.15) is 0 Å². The number of rotatable bonds is 7. The summed E-state index contributed by atoms with van der Waals surface area (Å²) in [6.45, 7) is 0.705. The van der Waals surface area contributed by atoms with E-state index in [1.807, 2.05) is 60.7 Å². The Balaban J connectivity index is 1.49. The first-order chi connectivity index (χ1) is 14.7. The van der Waals surface area contributed by atoms with E-state index in [0.29, 0.717) is 29.5 Å². The number of hydrogen-bond donors (Lipinski definition) is 0. The molecule has 0 unspecified atom stereocenters. The van der Waals surface area contributed by atoms with Crippen LogP contribution in [0.25, 0.3) is 6.08 Å².